The summed E-state index contributed by atoms with van der Waals surface area (Å²) in [4.78, 5) is 15.7. The largest absolute Gasteiger partial charge is 0.390 e. The fraction of sp³-hybridized carbons (Fsp3) is 0.389. The number of aliphatic hydroxyl groups excluding tert-OH is 1. The average Bonchev–Trinajstić information content (AvgIpc) is 3.32. The highest BCUT2D eigenvalue weighted by Crippen LogP contribution is 2.31. The summed E-state index contributed by atoms with van der Waals surface area (Å²) in [7, 11) is 0. The number of hydrogen-bond donors (Lipinski definition) is 1. The minimum Gasteiger partial charge on any atom is -0.390 e. The lowest BCUT2D eigenvalue weighted by molar-refractivity contribution is 0.277. The van der Waals surface area contributed by atoms with Gasteiger partial charge in [0.2, 0.25) is 0 Å². The molecule has 4 heterocycles. The fourth-order valence-corrected chi connectivity index (χ4v) is 4.23. The highest BCUT2D eigenvalue weighted by Gasteiger charge is 2.26. The highest BCUT2D eigenvalue weighted by atomic mass is 32.1. The van der Waals surface area contributed by atoms with Gasteiger partial charge in [-0.1, -0.05) is 6.07 Å². The summed E-state index contributed by atoms with van der Waals surface area (Å²) >= 11 is 1.61. The van der Waals surface area contributed by atoms with E-state index >= 15 is 0 Å². The molecule has 4 rings (SSSR count). The number of rotatable bonds is 5. The lowest BCUT2D eigenvalue weighted by Gasteiger charge is -2.32. The van der Waals surface area contributed by atoms with E-state index in [9.17, 15) is 5.11 Å². The molecule has 1 saturated heterocycles. The van der Waals surface area contributed by atoms with Gasteiger partial charge in [-0.25, -0.2) is 9.97 Å². The van der Waals surface area contributed by atoms with Crippen molar-refractivity contribution >= 4 is 16.5 Å². The van der Waals surface area contributed by atoms with Crippen LogP contribution in [-0.4, -0.2) is 37.7 Å². The molecule has 25 heavy (non-hydrogen) atoms. The first-order valence-corrected chi connectivity index (χ1v) is 9.41. The Morgan fingerprint density at radius 2 is 2.28 bits per heavy atom. The van der Waals surface area contributed by atoms with Crippen LogP contribution in [0.4, 0.5) is 5.13 Å². The van der Waals surface area contributed by atoms with Crippen molar-refractivity contribution in [3.8, 4) is 0 Å². The van der Waals surface area contributed by atoms with Gasteiger partial charge in [0.1, 0.15) is 5.82 Å². The average molecular weight is 355 g/mol. The molecular weight excluding hydrogens is 334 g/mol. The summed E-state index contributed by atoms with van der Waals surface area (Å²) in [6.07, 6.45) is 9.90. The van der Waals surface area contributed by atoms with Gasteiger partial charge >= 0.3 is 0 Å². The zero-order chi connectivity index (χ0) is 17.1. The van der Waals surface area contributed by atoms with Gasteiger partial charge < -0.3 is 14.6 Å². The summed E-state index contributed by atoms with van der Waals surface area (Å²) < 4.78 is 2.23. The van der Waals surface area contributed by atoms with Crippen LogP contribution in [0.5, 0.6) is 0 Å². The number of piperidine rings is 1. The minimum atomic E-state index is 0.00326. The van der Waals surface area contributed by atoms with Crippen LogP contribution in [0.2, 0.25) is 0 Å². The lowest BCUT2D eigenvalue weighted by Crippen LogP contribution is -2.35. The molecule has 6 nitrogen and oxygen atoms in total. The van der Waals surface area contributed by atoms with E-state index in [4.69, 9.17) is 0 Å². The van der Waals surface area contributed by atoms with Crippen LogP contribution in [0.25, 0.3) is 0 Å². The summed E-state index contributed by atoms with van der Waals surface area (Å²) in [5, 5.41) is 12.2. The molecule has 0 saturated carbocycles. The Kier molecular flexibility index (Phi) is 4.76. The van der Waals surface area contributed by atoms with Crippen LogP contribution in [0.15, 0.2) is 42.3 Å². The molecule has 3 aromatic heterocycles. The number of nitrogens with zero attached hydrogens (tertiary/aromatic N) is 5. The summed E-state index contributed by atoms with van der Waals surface area (Å²) in [5.74, 6) is 1.52. The molecule has 3 aromatic rings. The summed E-state index contributed by atoms with van der Waals surface area (Å²) in [6, 6.07) is 4.06. The quantitative estimate of drug-likeness (QED) is 0.762. The second kappa shape index (κ2) is 7.33. The first kappa shape index (κ1) is 16.2. The molecule has 7 heteroatoms. The molecule has 1 N–H and O–H groups in total. The lowest BCUT2D eigenvalue weighted by atomic mass is 9.97. The summed E-state index contributed by atoms with van der Waals surface area (Å²) in [6.45, 7) is 2.73. The highest BCUT2D eigenvalue weighted by molar-refractivity contribution is 7.13. The maximum Gasteiger partial charge on any atom is 0.185 e. The zero-order valence-electron chi connectivity index (χ0n) is 14.0. The van der Waals surface area contributed by atoms with Crippen LogP contribution in [0.1, 0.15) is 35.8 Å². The van der Waals surface area contributed by atoms with Crippen molar-refractivity contribution in [3.63, 3.8) is 0 Å². The molecule has 1 fully saturated rings. The number of imidazole rings is 1. The maximum atomic E-state index is 9.24. The van der Waals surface area contributed by atoms with Crippen molar-refractivity contribution in [1.82, 2.24) is 19.5 Å². The Labute approximate surface area is 150 Å². The Bertz CT molecular complexity index is 816. The third kappa shape index (κ3) is 3.57. The molecule has 0 aliphatic carbocycles. The molecule has 0 unspecified atom stereocenters. The van der Waals surface area contributed by atoms with E-state index in [0.717, 1.165) is 49.1 Å². The SMILES string of the molecule is OCc1csc(N2CCC[C@@H](c3nccn3Cc3cccnc3)C2)n1. The number of thiazole rings is 1. The predicted molar refractivity (Wildman–Crippen MR) is 97.8 cm³/mol. The van der Waals surface area contributed by atoms with Gasteiger partial charge in [0.05, 0.1) is 18.8 Å². The van der Waals surface area contributed by atoms with Crippen molar-refractivity contribution in [2.75, 3.05) is 18.0 Å². The van der Waals surface area contributed by atoms with Crippen molar-refractivity contribution < 1.29 is 5.11 Å². The number of anilines is 1. The topological polar surface area (TPSA) is 67.1 Å². The van der Waals surface area contributed by atoms with E-state index in [1.807, 2.05) is 23.8 Å². The Morgan fingerprint density at radius 1 is 1.32 bits per heavy atom. The van der Waals surface area contributed by atoms with Crippen molar-refractivity contribution in [2.45, 2.75) is 31.9 Å². The van der Waals surface area contributed by atoms with Crippen LogP contribution >= 0.6 is 11.3 Å². The van der Waals surface area contributed by atoms with Crippen LogP contribution < -0.4 is 4.90 Å². The van der Waals surface area contributed by atoms with E-state index < -0.39 is 0 Å². The van der Waals surface area contributed by atoms with Crippen LogP contribution in [0.3, 0.4) is 0 Å². The molecule has 0 amide bonds. The Hall–Kier alpha value is -2.25. The standard InChI is InChI=1S/C18H21N5OS/c24-12-16-13-25-18(21-16)23-7-2-4-15(11-23)17-20-6-8-22(17)10-14-3-1-5-19-9-14/h1,3,5-6,8-9,13,15,24H,2,4,7,10-12H2/t15-/m1/s1. The molecule has 0 spiro atoms. The van der Waals surface area contributed by atoms with E-state index in [0.29, 0.717) is 5.92 Å². The van der Waals surface area contributed by atoms with Gasteiger partial charge in [-0.15, -0.1) is 11.3 Å². The smallest absolute Gasteiger partial charge is 0.185 e. The van der Waals surface area contributed by atoms with Crippen molar-refractivity contribution in [1.29, 1.82) is 0 Å². The number of pyridine rings is 1. The van der Waals surface area contributed by atoms with Gasteiger partial charge in [-0.3, -0.25) is 4.98 Å². The fourth-order valence-electron chi connectivity index (χ4n) is 3.38. The molecule has 1 aliphatic heterocycles. The van der Waals surface area contributed by atoms with E-state index in [1.165, 1.54) is 5.56 Å². The molecular formula is C18H21N5OS. The van der Waals surface area contributed by atoms with Gasteiger partial charge in [-0.05, 0) is 24.5 Å². The van der Waals surface area contributed by atoms with Crippen molar-refractivity contribution in [2.24, 2.45) is 0 Å². The first-order chi connectivity index (χ1) is 12.3. The molecule has 0 radical (unpaired) electrons. The Balaban J connectivity index is 1.51. The van der Waals surface area contributed by atoms with Gasteiger partial charge in [-0.2, -0.15) is 0 Å². The molecule has 1 aliphatic rings. The third-order valence-corrected chi connectivity index (χ3v) is 5.53. The molecule has 130 valence electrons. The first-order valence-electron chi connectivity index (χ1n) is 8.53. The number of aromatic nitrogens is 4. The summed E-state index contributed by atoms with van der Waals surface area (Å²) in [5.41, 5.74) is 1.93. The van der Waals surface area contributed by atoms with Gasteiger partial charge in [0, 0.05) is 49.2 Å². The van der Waals surface area contributed by atoms with Gasteiger partial charge in [0.25, 0.3) is 0 Å². The number of hydrogen-bond acceptors (Lipinski definition) is 6. The minimum absolute atomic E-state index is 0.00326. The second-order valence-electron chi connectivity index (χ2n) is 6.34. The monoisotopic (exact) mass is 355 g/mol. The molecule has 0 aromatic carbocycles. The van der Waals surface area contributed by atoms with Crippen molar-refractivity contribution in [3.05, 3.63) is 59.4 Å². The second-order valence-corrected chi connectivity index (χ2v) is 7.18. The zero-order valence-corrected chi connectivity index (χ0v) is 14.8. The normalized spacial score (nSPS) is 17.8. The van der Waals surface area contributed by atoms with E-state index in [1.54, 1.807) is 17.5 Å². The van der Waals surface area contributed by atoms with E-state index in [-0.39, 0.29) is 6.61 Å². The number of aliphatic hydroxyl groups is 1. The van der Waals surface area contributed by atoms with E-state index in [2.05, 4.69) is 36.7 Å². The molecule has 0 bridgehead atoms. The maximum absolute atomic E-state index is 9.24. The molecule has 1 atom stereocenters. The van der Waals surface area contributed by atoms with Crippen LogP contribution in [0, 0.1) is 0 Å². The third-order valence-electron chi connectivity index (χ3n) is 4.58. The van der Waals surface area contributed by atoms with Gasteiger partial charge in [0.15, 0.2) is 5.13 Å². The van der Waals surface area contributed by atoms with Crippen LogP contribution in [-0.2, 0) is 13.2 Å². The predicted octanol–water partition coefficient (Wildman–Crippen LogP) is 2.66. The Morgan fingerprint density at radius 3 is 3.08 bits per heavy atom.